The maximum Gasteiger partial charge on any atom is 0.306 e. The van der Waals surface area contributed by atoms with E-state index in [2.05, 4.69) is 69.4 Å². The van der Waals surface area contributed by atoms with Gasteiger partial charge < -0.3 is 14.2 Å². The van der Waals surface area contributed by atoms with Gasteiger partial charge in [0.05, 0.1) is 0 Å². The number of unbranched alkanes of at least 4 members (excludes halogenated alkanes) is 18. The van der Waals surface area contributed by atoms with Crippen molar-refractivity contribution in [1.82, 2.24) is 0 Å². The van der Waals surface area contributed by atoms with Gasteiger partial charge in [0, 0.05) is 19.3 Å². The number of carbonyl (C=O) groups excluding carboxylic acids is 3. The van der Waals surface area contributed by atoms with Crippen LogP contribution in [0.15, 0.2) is 97.2 Å². The predicted octanol–water partition coefficient (Wildman–Crippen LogP) is 15.0. The molecule has 6 heteroatoms. The van der Waals surface area contributed by atoms with Crippen molar-refractivity contribution in [2.75, 3.05) is 13.2 Å². The van der Waals surface area contributed by atoms with Gasteiger partial charge in [-0.1, -0.05) is 189 Å². The Balaban J connectivity index is 4.54. The highest BCUT2D eigenvalue weighted by molar-refractivity contribution is 5.71. The first-order valence-corrected chi connectivity index (χ1v) is 23.3. The molecule has 0 rings (SSSR count). The summed E-state index contributed by atoms with van der Waals surface area (Å²) in [6.07, 6.45) is 59.6. The summed E-state index contributed by atoms with van der Waals surface area (Å²) >= 11 is 0. The van der Waals surface area contributed by atoms with Gasteiger partial charge in [-0.2, -0.15) is 0 Å². The van der Waals surface area contributed by atoms with Gasteiger partial charge in [0.15, 0.2) is 6.10 Å². The van der Waals surface area contributed by atoms with E-state index in [9.17, 15) is 14.4 Å². The van der Waals surface area contributed by atoms with Crippen LogP contribution in [0.2, 0.25) is 0 Å². The van der Waals surface area contributed by atoms with E-state index in [4.69, 9.17) is 14.2 Å². The lowest BCUT2D eigenvalue weighted by atomic mass is 10.1. The molecule has 0 heterocycles. The van der Waals surface area contributed by atoms with Crippen LogP contribution in [0, 0.1) is 0 Å². The van der Waals surface area contributed by atoms with Gasteiger partial charge in [0.25, 0.3) is 0 Å². The van der Waals surface area contributed by atoms with E-state index in [1.807, 2.05) is 48.6 Å². The van der Waals surface area contributed by atoms with Crippen molar-refractivity contribution in [2.45, 2.75) is 200 Å². The topological polar surface area (TPSA) is 78.9 Å². The molecule has 1 unspecified atom stereocenters. The van der Waals surface area contributed by atoms with E-state index in [-0.39, 0.29) is 31.1 Å². The lowest BCUT2D eigenvalue weighted by Crippen LogP contribution is -2.30. The smallest absolute Gasteiger partial charge is 0.306 e. The second-order valence-corrected chi connectivity index (χ2v) is 15.1. The SMILES string of the molecule is CC\C=C/C=C\C=C/C=C\C=C/CCCCCC(=O)OCC(COC(=O)CCCCC/C=C\C=C/CCCC)OC(=O)CCCCC/C=C\CCCCCCCCC. The maximum absolute atomic E-state index is 12.7. The Kier molecular flexibility index (Phi) is 43.1. The molecule has 0 saturated heterocycles. The van der Waals surface area contributed by atoms with E-state index in [0.29, 0.717) is 19.3 Å². The number of hydrogen-bond acceptors (Lipinski definition) is 6. The minimum absolute atomic E-state index is 0.113. The molecule has 0 N–H and O–H groups in total. The molecule has 0 fully saturated rings. The summed E-state index contributed by atoms with van der Waals surface area (Å²) in [7, 11) is 0. The molecule has 6 nitrogen and oxygen atoms in total. The number of rotatable bonds is 40. The van der Waals surface area contributed by atoms with Crippen molar-refractivity contribution in [2.24, 2.45) is 0 Å². The highest BCUT2D eigenvalue weighted by Crippen LogP contribution is 2.12. The minimum atomic E-state index is -0.813. The van der Waals surface area contributed by atoms with Crippen LogP contribution < -0.4 is 0 Å². The number of allylic oxidation sites excluding steroid dienone is 16. The largest absolute Gasteiger partial charge is 0.462 e. The van der Waals surface area contributed by atoms with Gasteiger partial charge in [0.1, 0.15) is 13.2 Å². The van der Waals surface area contributed by atoms with Crippen molar-refractivity contribution in [3.05, 3.63) is 97.2 Å². The van der Waals surface area contributed by atoms with Crippen LogP contribution in [0.25, 0.3) is 0 Å². The maximum atomic E-state index is 12.7. The highest BCUT2D eigenvalue weighted by Gasteiger charge is 2.19. The Morgan fingerprint density at radius 2 is 0.707 bits per heavy atom. The first-order valence-electron chi connectivity index (χ1n) is 23.3. The van der Waals surface area contributed by atoms with Crippen LogP contribution in [-0.2, 0) is 28.6 Å². The molecule has 0 radical (unpaired) electrons. The van der Waals surface area contributed by atoms with Crippen LogP contribution in [0.3, 0.4) is 0 Å². The lowest BCUT2D eigenvalue weighted by molar-refractivity contribution is -0.167. The summed E-state index contributed by atoms with van der Waals surface area (Å²) in [5, 5.41) is 0. The molecule has 0 aliphatic rings. The van der Waals surface area contributed by atoms with E-state index in [1.54, 1.807) is 0 Å². The van der Waals surface area contributed by atoms with E-state index in [0.717, 1.165) is 96.3 Å². The molecule has 0 aromatic carbocycles. The third-order valence-corrected chi connectivity index (χ3v) is 9.45. The fourth-order valence-electron chi connectivity index (χ4n) is 5.90. The Labute approximate surface area is 356 Å². The van der Waals surface area contributed by atoms with Gasteiger partial charge in [-0.25, -0.2) is 0 Å². The van der Waals surface area contributed by atoms with Crippen LogP contribution in [0.5, 0.6) is 0 Å². The normalized spacial score (nSPS) is 12.9. The van der Waals surface area contributed by atoms with Crippen molar-refractivity contribution in [1.29, 1.82) is 0 Å². The fourth-order valence-corrected chi connectivity index (χ4v) is 5.90. The zero-order valence-electron chi connectivity index (χ0n) is 37.3. The lowest BCUT2D eigenvalue weighted by Gasteiger charge is -2.18. The molecule has 58 heavy (non-hydrogen) atoms. The number of hydrogen-bond donors (Lipinski definition) is 0. The highest BCUT2D eigenvalue weighted by atomic mass is 16.6. The van der Waals surface area contributed by atoms with Gasteiger partial charge in [-0.3, -0.25) is 14.4 Å². The van der Waals surface area contributed by atoms with Crippen LogP contribution in [-0.4, -0.2) is 37.2 Å². The molecule has 0 amide bonds. The molecule has 0 aliphatic heterocycles. The molecule has 328 valence electrons. The Bertz CT molecular complexity index is 1200. The molecule has 1 atom stereocenters. The van der Waals surface area contributed by atoms with Crippen molar-refractivity contribution in [3.8, 4) is 0 Å². The predicted molar refractivity (Wildman–Crippen MR) is 247 cm³/mol. The fraction of sp³-hybridized carbons (Fsp3) is 0.635. The molecular formula is C52H84O6. The third-order valence-electron chi connectivity index (χ3n) is 9.45. The van der Waals surface area contributed by atoms with Gasteiger partial charge >= 0.3 is 17.9 Å². The monoisotopic (exact) mass is 805 g/mol. The molecule has 0 aliphatic carbocycles. The van der Waals surface area contributed by atoms with Crippen LogP contribution >= 0.6 is 0 Å². The Hall–Kier alpha value is -3.67. The summed E-state index contributed by atoms with van der Waals surface area (Å²) in [4.78, 5) is 37.8. The first kappa shape index (κ1) is 54.3. The Morgan fingerprint density at radius 1 is 0.362 bits per heavy atom. The van der Waals surface area contributed by atoms with E-state index < -0.39 is 6.10 Å². The van der Waals surface area contributed by atoms with E-state index in [1.165, 1.54) is 57.8 Å². The van der Waals surface area contributed by atoms with Gasteiger partial charge in [-0.15, -0.1) is 0 Å². The van der Waals surface area contributed by atoms with E-state index >= 15 is 0 Å². The van der Waals surface area contributed by atoms with Crippen molar-refractivity contribution in [3.63, 3.8) is 0 Å². The standard InChI is InChI=1S/C52H84O6/c1-4-7-10-13-16-19-22-24-26-28-30-33-36-39-42-45-51(54)57-48-49(47-56-50(53)44-41-38-35-32-29-21-18-15-12-9-6-3)58-52(55)46-43-40-37-34-31-27-25-23-20-17-14-11-8-5-2/h7,10,13,15-16,18-19,21-22,24,26-31,49H,4-6,8-9,11-12,14,17,20,23,25,32-48H2,1-3H3/b10-7-,16-13-,18-15-,22-19-,26-24-,29-21-,30-28-,31-27-. The van der Waals surface area contributed by atoms with Gasteiger partial charge in [0.2, 0.25) is 0 Å². The summed E-state index contributed by atoms with van der Waals surface area (Å²) in [6.45, 7) is 6.33. The number of carbonyl (C=O) groups is 3. The molecule has 0 aromatic rings. The van der Waals surface area contributed by atoms with Crippen LogP contribution in [0.4, 0.5) is 0 Å². The first-order chi connectivity index (χ1) is 28.5. The number of ether oxygens (including phenoxy) is 3. The average Bonchev–Trinajstić information content (AvgIpc) is 3.22. The zero-order chi connectivity index (χ0) is 42.3. The Morgan fingerprint density at radius 3 is 1.17 bits per heavy atom. The van der Waals surface area contributed by atoms with Crippen molar-refractivity contribution < 1.29 is 28.6 Å². The second-order valence-electron chi connectivity index (χ2n) is 15.1. The minimum Gasteiger partial charge on any atom is -0.462 e. The number of esters is 3. The molecule has 0 saturated carbocycles. The zero-order valence-corrected chi connectivity index (χ0v) is 37.3. The molecule has 0 bridgehead atoms. The molecule has 0 aromatic heterocycles. The molecule has 0 spiro atoms. The van der Waals surface area contributed by atoms with Crippen LogP contribution in [0.1, 0.15) is 194 Å². The summed E-state index contributed by atoms with van der Waals surface area (Å²) in [5.41, 5.74) is 0. The average molecular weight is 805 g/mol. The summed E-state index contributed by atoms with van der Waals surface area (Å²) in [6, 6.07) is 0. The summed E-state index contributed by atoms with van der Waals surface area (Å²) in [5.74, 6) is -1.01. The van der Waals surface area contributed by atoms with Gasteiger partial charge in [-0.05, 0) is 83.5 Å². The summed E-state index contributed by atoms with van der Waals surface area (Å²) < 4.78 is 16.6. The second kappa shape index (κ2) is 46.0. The van der Waals surface area contributed by atoms with Crippen molar-refractivity contribution >= 4 is 17.9 Å². The quantitative estimate of drug-likeness (QED) is 0.0202. The molecular weight excluding hydrogens is 721 g/mol. The third kappa shape index (κ3) is 43.5.